The zero-order valence-corrected chi connectivity index (χ0v) is 20.5. The molecule has 0 spiro atoms. The maximum Gasteiger partial charge on any atom is 0.251 e. The van der Waals surface area contributed by atoms with E-state index in [0.717, 1.165) is 24.2 Å². The van der Waals surface area contributed by atoms with Crippen LogP contribution < -0.4 is 15.4 Å². The molecule has 2 N–H and O–H groups in total. The summed E-state index contributed by atoms with van der Waals surface area (Å²) in [7, 11) is 3.32. The first-order valence-electron chi connectivity index (χ1n) is 10.4. The van der Waals surface area contributed by atoms with Crippen LogP contribution >= 0.6 is 24.0 Å². The largest absolute Gasteiger partial charge is 0.497 e. The van der Waals surface area contributed by atoms with Gasteiger partial charge in [0.1, 0.15) is 11.9 Å². The molecule has 1 aromatic rings. The summed E-state index contributed by atoms with van der Waals surface area (Å²) >= 11 is 0. The lowest BCUT2D eigenvalue weighted by Gasteiger charge is -2.37. The van der Waals surface area contributed by atoms with Crippen molar-refractivity contribution in [2.45, 2.75) is 25.5 Å². The summed E-state index contributed by atoms with van der Waals surface area (Å²) in [6, 6.07) is 7.57. The third kappa shape index (κ3) is 7.23. The fraction of sp³-hybridized carbons (Fsp3) is 0.571. The van der Waals surface area contributed by atoms with Crippen LogP contribution in [-0.4, -0.2) is 87.2 Å². The monoisotopic (exact) mass is 545 g/mol. The van der Waals surface area contributed by atoms with Gasteiger partial charge >= 0.3 is 0 Å². The Labute approximate surface area is 200 Å². The Balaban J connectivity index is 0.00000341. The molecule has 2 heterocycles. The van der Waals surface area contributed by atoms with Gasteiger partial charge in [-0.2, -0.15) is 0 Å². The summed E-state index contributed by atoms with van der Waals surface area (Å²) in [4.78, 5) is 32.9. The molecular formula is C21H32IN5O4. The molecular weight excluding hydrogens is 513 g/mol. The number of amides is 2. The van der Waals surface area contributed by atoms with Crippen molar-refractivity contribution in [3.8, 4) is 5.75 Å². The minimum atomic E-state index is -0.275. The predicted molar refractivity (Wildman–Crippen MR) is 129 cm³/mol. The second-order valence-corrected chi connectivity index (χ2v) is 7.34. The molecule has 2 saturated heterocycles. The van der Waals surface area contributed by atoms with Crippen LogP contribution in [0, 0.1) is 0 Å². The van der Waals surface area contributed by atoms with E-state index in [0.29, 0.717) is 45.3 Å². The lowest BCUT2D eigenvalue weighted by Crippen LogP contribution is -2.56. The van der Waals surface area contributed by atoms with Crippen molar-refractivity contribution < 1.29 is 19.1 Å². The number of guanidine groups is 1. The van der Waals surface area contributed by atoms with Crippen molar-refractivity contribution >= 4 is 41.8 Å². The topological polar surface area (TPSA) is 95.5 Å². The van der Waals surface area contributed by atoms with E-state index in [4.69, 9.17) is 9.47 Å². The molecule has 0 radical (unpaired) electrons. The normalized spacial score (nSPS) is 18.9. The third-order valence-electron chi connectivity index (χ3n) is 5.36. The minimum Gasteiger partial charge on any atom is -0.497 e. The second-order valence-electron chi connectivity index (χ2n) is 7.34. The number of aliphatic imine (C=N–C) groups is 1. The van der Waals surface area contributed by atoms with Crippen molar-refractivity contribution in [1.82, 2.24) is 20.4 Å². The van der Waals surface area contributed by atoms with Crippen molar-refractivity contribution in [2.75, 3.05) is 53.5 Å². The number of carbonyl (C=O) groups is 2. The number of ether oxygens (including phenoxy) is 2. The van der Waals surface area contributed by atoms with Gasteiger partial charge < -0.3 is 29.9 Å². The van der Waals surface area contributed by atoms with Crippen LogP contribution in [0.2, 0.25) is 0 Å². The van der Waals surface area contributed by atoms with E-state index in [1.807, 2.05) is 29.2 Å². The number of nitrogens with one attached hydrogen (secondary N) is 2. The standard InChI is InChI=1S/C21H31N5O4.HI/c1-22-21(24-15-19(27)23-14-16-5-7-17(29-2)8-6-16)26-11-9-25(10-12-26)20(28)18-4-3-13-30-18;/h5-8,18H,3-4,9-15H2,1-2H3,(H,22,24)(H,23,27);1H. The van der Waals surface area contributed by atoms with E-state index < -0.39 is 0 Å². The van der Waals surface area contributed by atoms with E-state index in [1.165, 1.54) is 0 Å². The Hall–Kier alpha value is -2.08. The average Bonchev–Trinajstić information content (AvgIpc) is 3.33. The smallest absolute Gasteiger partial charge is 0.251 e. The van der Waals surface area contributed by atoms with Gasteiger partial charge in [-0.3, -0.25) is 14.6 Å². The van der Waals surface area contributed by atoms with Gasteiger partial charge in [0.15, 0.2) is 5.96 Å². The lowest BCUT2D eigenvalue weighted by atomic mass is 10.2. The van der Waals surface area contributed by atoms with Crippen LogP contribution in [0.5, 0.6) is 5.75 Å². The Morgan fingerprint density at radius 2 is 1.81 bits per heavy atom. The summed E-state index contributed by atoms with van der Waals surface area (Å²) in [5.41, 5.74) is 1.00. The Morgan fingerprint density at radius 3 is 2.39 bits per heavy atom. The SMILES string of the molecule is CN=C(NCC(=O)NCc1ccc(OC)cc1)N1CCN(C(=O)C2CCCO2)CC1.I. The van der Waals surface area contributed by atoms with E-state index >= 15 is 0 Å². The molecule has 3 rings (SSSR count). The number of halogens is 1. The van der Waals surface area contributed by atoms with Crippen molar-refractivity contribution in [2.24, 2.45) is 4.99 Å². The van der Waals surface area contributed by atoms with Gasteiger partial charge in [0.25, 0.3) is 5.91 Å². The third-order valence-corrected chi connectivity index (χ3v) is 5.36. The first-order valence-corrected chi connectivity index (χ1v) is 10.4. The summed E-state index contributed by atoms with van der Waals surface area (Å²) in [5, 5.41) is 6.00. The van der Waals surface area contributed by atoms with Crippen LogP contribution in [0.4, 0.5) is 0 Å². The number of hydrogen-bond donors (Lipinski definition) is 2. The molecule has 1 unspecified atom stereocenters. The molecule has 9 nitrogen and oxygen atoms in total. The van der Waals surface area contributed by atoms with Gasteiger partial charge in [0, 0.05) is 46.4 Å². The van der Waals surface area contributed by atoms with E-state index in [1.54, 1.807) is 14.2 Å². The quantitative estimate of drug-likeness (QED) is 0.313. The number of benzene rings is 1. The molecule has 0 aliphatic carbocycles. The summed E-state index contributed by atoms with van der Waals surface area (Å²) in [6.45, 7) is 3.86. The van der Waals surface area contributed by atoms with Crippen molar-refractivity contribution in [3.63, 3.8) is 0 Å². The molecule has 2 aliphatic heterocycles. The van der Waals surface area contributed by atoms with E-state index in [9.17, 15) is 9.59 Å². The highest BCUT2D eigenvalue weighted by molar-refractivity contribution is 14.0. The summed E-state index contributed by atoms with van der Waals surface area (Å²) < 4.78 is 10.6. The number of nitrogens with zero attached hydrogens (tertiary/aromatic N) is 3. The van der Waals surface area contributed by atoms with Gasteiger partial charge in [0.2, 0.25) is 5.91 Å². The number of rotatable bonds is 6. The van der Waals surface area contributed by atoms with Gasteiger partial charge in [0.05, 0.1) is 13.7 Å². The number of piperazine rings is 1. The molecule has 0 aromatic heterocycles. The maximum absolute atomic E-state index is 12.5. The van der Waals surface area contributed by atoms with Crippen LogP contribution in [0.3, 0.4) is 0 Å². The van der Waals surface area contributed by atoms with Gasteiger partial charge in [-0.05, 0) is 30.5 Å². The van der Waals surface area contributed by atoms with E-state index in [-0.39, 0.29) is 48.4 Å². The fourth-order valence-electron chi connectivity index (χ4n) is 3.61. The highest BCUT2D eigenvalue weighted by Gasteiger charge is 2.30. The summed E-state index contributed by atoms with van der Waals surface area (Å²) in [6.07, 6.45) is 1.49. The molecule has 172 valence electrons. The van der Waals surface area contributed by atoms with Crippen LogP contribution in [0.15, 0.2) is 29.3 Å². The van der Waals surface area contributed by atoms with E-state index in [2.05, 4.69) is 20.5 Å². The molecule has 2 amide bonds. The molecule has 31 heavy (non-hydrogen) atoms. The first-order chi connectivity index (χ1) is 14.6. The number of hydrogen-bond acceptors (Lipinski definition) is 5. The van der Waals surface area contributed by atoms with Crippen molar-refractivity contribution in [3.05, 3.63) is 29.8 Å². The highest BCUT2D eigenvalue weighted by atomic mass is 127. The lowest BCUT2D eigenvalue weighted by molar-refractivity contribution is -0.142. The molecule has 0 bridgehead atoms. The number of carbonyl (C=O) groups excluding carboxylic acids is 2. The van der Waals surface area contributed by atoms with Crippen LogP contribution in [0.1, 0.15) is 18.4 Å². The highest BCUT2D eigenvalue weighted by Crippen LogP contribution is 2.16. The molecule has 1 atom stereocenters. The second kappa shape index (κ2) is 12.7. The Kier molecular flexibility index (Phi) is 10.3. The molecule has 2 fully saturated rings. The Bertz CT molecular complexity index is 745. The predicted octanol–water partition coefficient (Wildman–Crippen LogP) is 0.828. The van der Waals surface area contributed by atoms with Gasteiger partial charge in [-0.15, -0.1) is 24.0 Å². The maximum atomic E-state index is 12.5. The average molecular weight is 545 g/mol. The minimum absolute atomic E-state index is 0. The first kappa shape index (κ1) is 25.2. The van der Waals surface area contributed by atoms with Gasteiger partial charge in [-0.25, -0.2) is 0 Å². The van der Waals surface area contributed by atoms with Crippen molar-refractivity contribution in [1.29, 1.82) is 0 Å². The molecule has 2 aliphatic rings. The Morgan fingerprint density at radius 1 is 1.13 bits per heavy atom. The molecule has 10 heteroatoms. The van der Waals surface area contributed by atoms with Crippen LogP contribution in [-0.2, 0) is 20.9 Å². The number of methoxy groups -OCH3 is 1. The zero-order valence-electron chi connectivity index (χ0n) is 18.1. The fourth-order valence-corrected chi connectivity index (χ4v) is 3.61. The zero-order chi connectivity index (χ0) is 21.3. The molecule has 0 saturated carbocycles. The van der Waals surface area contributed by atoms with Crippen LogP contribution in [0.25, 0.3) is 0 Å². The van der Waals surface area contributed by atoms with Gasteiger partial charge in [-0.1, -0.05) is 12.1 Å². The molecule has 1 aromatic carbocycles. The summed E-state index contributed by atoms with van der Waals surface area (Å²) in [5.74, 6) is 1.43.